The maximum Gasteiger partial charge on any atom is 0.343 e. The number of benzene rings is 2. The SMILES string of the molecule is O=C(CCn1ccnc1)Nc1cccc(C(=O)Oc2ccc(Br)cc2Cl)c1. The van der Waals surface area contributed by atoms with Gasteiger partial charge in [0, 0.05) is 35.5 Å². The van der Waals surface area contributed by atoms with Gasteiger partial charge in [-0.15, -0.1) is 0 Å². The molecule has 0 atom stereocenters. The van der Waals surface area contributed by atoms with E-state index in [1.165, 1.54) is 0 Å². The maximum atomic E-state index is 12.4. The topological polar surface area (TPSA) is 73.2 Å². The molecule has 3 rings (SSSR count). The van der Waals surface area contributed by atoms with Gasteiger partial charge in [0.05, 0.1) is 16.9 Å². The standard InChI is InChI=1S/C19H15BrClN3O3/c20-14-4-5-17(16(21)11-14)27-19(26)13-2-1-3-15(10-13)23-18(25)6-8-24-9-7-22-12-24/h1-5,7,9-12H,6,8H2,(H,23,25). The Morgan fingerprint density at radius 2 is 2.07 bits per heavy atom. The smallest absolute Gasteiger partial charge is 0.343 e. The molecule has 0 aliphatic carbocycles. The van der Waals surface area contributed by atoms with E-state index in [1.54, 1.807) is 61.2 Å². The summed E-state index contributed by atoms with van der Waals surface area (Å²) in [5.41, 5.74) is 0.823. The normalized spacial score (nSPS) is 10.4. The van der Waals surface area contributed by atoms with Crippen LogP contribution in [0.25, 0.3) is 0 Å². The fraction of sp³-hybridized carbons (Fsp3) is 0.105. The minimum atomic E-state index is -0.561. The second-order valence-electron chi connectivity index (χ2n) is 5.64. The Morgan fingerprint density at radius 3 is 2.81 bits per heavy atom. The van der Waals surface area contributed by atoms with E-state index >= 15 is 0 Å². The van der Waals surface area contributed by atoms with Crippen LogP contribution in [0.3, 0.4) is 0 Å². The van der Waals surface area contributed by atoms with Crippen molar-refractivity contribution in [2.24, 2.45) is 0 Å². The minimum Gasteiger partial charge on any atom is -0.421 e. The number of esters is 1. The number of ether oxygens (including phenoxy) is 1. The third kappa shape index (κ3) is 5.42. The molecule has 138 valence electrons. The van der Waals surface area contributed by atoms with Crippen LogP contribution in [-0.4, -0.2) is 21.4 Å². The molecule has 0 fully saturated rings. The monoisotopic (exact) mass is 447 g/mol. The molecular formula is C19H15BrClN3O3. The van der Waals surface area contributed by atoms with Crippen molar-refractivity contribution in [1.29, 1.82) is 0 Å². The van der Waals surface area contributed by atoms with Gasteiger partial charge in [0.15, 0.2) is 0 Å². The molecule has 6 nitrogen and oxygen atoms in total. The molecule has 1 aromatic heterocycles. The van der Waals surface area contributed by atoms with Crippen molar-refractivity contribution in [3.05, 3.63) is 76.2 Å². The van der Waals surface area contributed by atoms with Crippen molar-refractivity contribution in [3.8, 4) is 5.75 Å². The average molecular weight is 449 g/mol. The van der Waals surface area contributed by atoms with Crippen LogP contribution in [0.2, 0.25) is 5.02 Å². The Bertz CT molecular complexity index is 961. The number of carbonyl (C=O) groups is 2. The highest BCUT2D eigenvalue weighted by molar-refractivity contribution is 9.10. The summed E-state index contributed by atoms with van der Waals surface area (Å²) in [6.07, 6.45) is 5.39. The van der Waals surface area contributed by atoms with Crippen molar-refractivity contribution in [1.82, 2.24) is 9.55 Å². The predicted octanol–water partition coefficient (Wildman–Crippen LogP) is 4.55. The largest absolute Gasteiger partial charge is 0.421 e. The predicted molar refractivity (Wildman–Crippen MR) is 106 cm³/mol. The van der Waals surface area contributed by atoms with E-state index in [9.17, 15) is 9.59 Å². The number of aryl methyl sites for hydroxylation is 1. The Balaban J connectivity index is 1.62. The number of aromatic nitrogens is 2. The van der Waals surface area contributed by atoms with Crippen LogP contribution in [0.4, 0.5) is 5.69 Å². The zero-order chi connectivity index (χ0) is 19.2. The van der Waals surface area contributed by atoms with Gasteiger partial charge in [-0.2, -0.15) is 0 Å². The van der Waals surface area contributed by atoms with Gasteiger partial charge < -0.3 is 14.6 Å². The highest BCUT2D eigenvalue weighted by Crippen LogP contribution is 2.28. The number of halogens is 2. The second kappa shape index (κ2) is 8.83. The first-order valence-corrected chi connectivity index (χ1v) is 9.21. The number of rotatable bonds is 6. The van der Waals surface area contributed by atoms with E-state index < -0.39 is 5.97 Å². The number of amides is 1. The van der Waals surface area contributed by atoms with Crippen LogP contribution in [0.15, 0.2) is 65.7 Å². The molecule has 0 radical (unpaired) electrons. The van der Waals surface area contributed by atoms with E-state index in [2.05, 4.69) is 26.2 Å². The van der Waals surface area contributed by atoms with E-state index in [0.29, 0.717) is 29.2 Å². The maximum absolute atomic E-state index is 12.4. The number of hydrogen-bond donors (Lipinski definition) is 1. The summed E-state index contributed by atoms with van der Waals surface area (Å²) in [6.45, 7) is 0.523. The molecule has 0 unspecified atom stereocenters. The zero-order valence-corrected chi connectivity index (χ0v) is 16.4. The molecule has 1 heterocycles. The molecular weight excluding hydrogens is 434 g/mol. The molecule has 0 saturated heterocycles. The van der Waals surface area contributed by atoms with E-state index in [0.717, 1.165) is 4.47 Å². The highest BCUT2D eigenvalue weighted by Gasteiger charge is 2.13. The van der Waals surface area contributed by atoms with Crippen molar-refractivity contribution in [3.63, 3.8) is 0 Å². The molecule has 8 heteroatoms. The molecule has 0 saturated carbocycles. The lowest BCUT2D eigenvalue weighted by Crippen LogP contribution is -2.15. The highest BCUT2D eigenvalue weighted by atomic mass is 79.9. The van der Waals surface area contributed by atoms with Gasteiger partial charge >= 0.3 is 5.97 Å². The van der Waals surface area contributed by atoms with Crippen LogP contribution in [0, 0.1) is 0 Å². The van der Waals surface area contributed by atoms with Crippen LogP contribution in [-0.2, 0) is 11.3 Å². The lowest BCUT2D eigenvalue weighted by Gasteiger charge is -2.09. The fourth-order valence-corrected chi connectivity index (χ4v) is 3.03. The molecule has 2 aromatic carbocycles. The van der Waals surface area contributed by atoms with Crippen LogP contribution >= 0.6 is 27.5 Å². The summed E-state index contributed by atoms with van der Waals surface area (Å²) < 4.78 is 7.93. The van der Waals surface area contributed by atoms with Gasteiger partial charge in [-0.05, 0) is 36.4 Å². The van der Waals surface area contributed by atoms with Crippen molar-refractivity contribution in [2.45, 2.75) is 13.0 Å². The summed E-state index contributed by atoms with van der Waals surface area (Å²) in [7, 11) is 0. The first-order chi connectivity index (χ1) is 13.0. The molecule has 1 N–H and O–H groups in total. The van der Waals surface area contributed by atoms with Crippen molar-refractivity contribution < 1.29 is 14.3 Å². The molecule has 0 spiro atoms. The second-order valence-corrected chi connectivity index (χ2v) is 6.97. The number of anilines is 1. The molecule has 1 amide bonds. The summed E-state index contributed by atoms with van der Waals surface area (Å²) in [5, 5.41) is 3.09. The lowest BCUT2D eigenvalue weighted by molar-refractivity contribution is -0.116. The first kappa shape index (κ1) is 19.1. The molecule has 0 bridgehead atoms. The van der Waals surface area contributed by atoms with Gasteiger partial charge in [0.2, 0.25) is 5.91 Å². The van der Waals surface area contributed by atoms with Crippen molar-refractivity contribution in [2.75, 3.05) is 5.32 Å². The molecule has 27 heavy (non-hydrogen) atoms. The number of nitrogens with zero attached hydrogens (tertiary/aromatic N) is 2. The van der Waals surface area contributed by atoms with E-state index in [1.807, 2.05) is 4.57 Å². The first-order valence-electron chi connectivity index (χ1n) is 8.04. The number of hydrogen-bond acceptors (Lipinski definition) is 4. The molecule has 0 aliphatic rings. The number of imidazole rings is 1. The van der Waals surface area contributed by atoms with Gasteiger partial charge in [0.1, 0.15) is 5.75 Å². The van der Waals surface area contributed by atoms with Gasteiger partial charge in [-0.25, -0.2) is 9.78 Å². The summed E-state index contributed by atoms with van der Waals surface area (Å²) in [4.78, 5) is 28.4. The van der Waals surface area contributed by atoms with Gasteiger partial charge in [-0.1, -0.05) is 33.6 Å². The van der Waals surface area contributed by atoms with E-state index in [-0.39, 0.29) is 11.7 Å². The Labute approximate surface area is 169 Å². The molecule has 0 aliphatic heterocycles. The number of carbonyl (C=O) groups excluding carboxylic acids is 2. The van der Waals surface area contributed by atoms with Crippen LogP contribution in [0.1, 0.15) is 16.8 Å². The minimum absolute atomic E-state index is 0.162. The quantitative estimate of drug-likeness (QED) is 0.444. The van der Waals surface area contributed by atoms with Gasteiger partial charge in [0.25, 0.3) is 0 Å². The molecule has 3 aromatic rings. The third-order valence-corrected chi connectivity index (χ3v) is 4.42. The Kier molecular flexibility index (Phi) is 6.26. The Morgan fingerprint density at radius 1 is 1.22 bits per heavy atom. The van der Waals surface area contributed by atoms with Gasteiger partial charge in [-0.3, -0.25) is 4.79 Å². The van der Waals surface area contributed by atoms with Crippen molar-refractivity contribution >= 4 is 45.1 Å². The average Bonchev–Trinajstić information content (AvgIpc) is 3.16. The lowest BCUT2D eigenvalue weighted by atomic mass is 10.2. The fourth-order valence-electron chi connectivity index (χ4n) is 2.31. The van der Waals surface area contributed by atoms with Crippen LogP contribution < -0.4 is 10.1 Å². The Hall–Kier alpha value is -2.64. The van der Waals surface area contributed by atoms with E-state index in [4.69, 9.17) is 16.3 Å². The zero-order valence-electron chi connectivity index (χ0n) is 14.1. The number of nitrogens with one attached hydrogen (secondary N) is 1. The third-order valence-electron chi connectivity index (χ3n) is 3.63. The summed E-state index contributed by atoms with van der Waals surface area (Å²) >= 11 is 9.36. The summed E-state index contributed by atoms with van der Waals surface area (Å²) in [5.74, 6) is -0.460. The summed E-state index contributed by atoms with van der Waals surface area (Å²) in [6, 6.07) is 11.5. The van der Waals surface area contributed by atoms with Crippen LogP contribution in [0.5, 0.6) is 5.75 Å².